The minimum atomic E-state index is -0.0220. The first-order valence-corrected chi connectivity index (χ1v) is 7.73. The van der Waals surface area contributed by atoms with Gasteiger partial charge in [0.2, 0.25) is 5.91 Å². The number of nitrogens with zero attached hydrogens (tertiary/aromatic N) is 1. The maximum Gasteiger partial charge on any atom is 0.239 e. The zero-order valence-corrected chi connectivity index (χ0v) is 12.4. The van der Waals surface area contributed by atoms with E-state index in [0.29, 0.717) is 11.9 Å². The number of likely N-dealkylation sites (tertiary alicyclic amines) is 1. The molecule has 0 saturated carbocycles. The van der Waals surface area contributed by atoms with Crippen molar-refractivity contribution in [3.05, 3.63) is 0 Å². The Labute approximate surface area is 112 Å². The van der Waals surface area contributed by atoms with E-state index in [4.69, 9.17) is 0 Å². The van der Waals surface area contributed by atoms with E-state index in [2.05, 4.69) is 19.2 Å². The highest BCUT2D eigenvalue weighted by molar-refractivity contribution is 5.81. The summed E-state index contributed by atoms with van der Waals surface area (Å²) in [5.74, 6) is 0.298. The largest absolute Gasteiger partial charge is 0.341 e. The highest BCUT2D eigenvalue weighted by Gasteiger charge is 2.23. The van der Waals surface area contributed by atoms with Crippen LogP contribution in [0, 0.1) is 0 Å². The van der Waals surface area contributed by atoms with Gasteiger partial charge in [-0.05, 0) is 39.0 Å². The van der Waals surface area contributed by atoms with Crippen molar-refractivity contribution in [3.8, 4) is 0 Å². The molecule has 1 aliphatic heterocycles. The molecule has 1 atom stereocenters. The summed E-state index contributed by atoms with van der Waals surface area (Å²) >= 11 is 0. The topological polar surface area (TPSA) is 32.3 Å². The first kappa shape index (κ1) is 15.5. The summed E-state index contributed by atoms with van der Waals surface area (Å²) in [6.45, 7) is 8.35. The van der Waals surface area contributed by atoms with Crippen molar-refractivity contribution in [3.63, 3.8) is 0 Å². The van der Waals surface area contributed by atoms with Gasteiger partial charge in [0, 0.05) is 19.1 Å². The molecule has 0 radical (unpaired) electrons. The highest BCUT2D eigenvalue weighted by Crippen LogP contribution is 2.11. The molecule has 1 fully saturated rings. The van der Waals surface area contributed by atoms with Crippen LogP contribution in [0.15, 0.2) is 0 Å². The van der Waals surface area contributed by atoms with E-state index < -0.39 is 0 Å². The summed E-state index contributed by atoms with van der Waals surface area (Å²) in [4.78, 5) is 14.3. The number of amides is 1. The smallest absolute Gasteiger partial charge is 0.239 e. The quantitative estimate of drug-likeness (QED) is 0.757. The molecule has 1 aliphatic rings. The molecule has 1 amide bonds. The fourth-order valence-electron chi connectivity index (χ4n) is 2.82. The molecule has 18 heavy (non-hydrogen) atoms. The summed E-state index contributed by atoms with van der Waals surface area (Å²) in [6, 6.07) is 0.481. The van der Waals surface area contributed by atoms with Crippen LogP contribution in [-0.4, -0.2) is 36.0 Å². The SMILES string of the molecule is CCCC(CCC)NC(C)C(=O)N1CCCCC1. The summed E-state index contributed by atoms with van der Waals surface area (Å²) in [5.41, 5.74) is 0. The van der Waals surface area contributed by atoms with Crippen LogP contribution in [0.5, 0.6) is 0 Å². The molecule has 1 unspecified atom stereocenters. The van der Waals surface area contributed by atoms with Crippen molar-refractivity contribution in [1.82, 2.24) is 10.2 Å². The number of hydrogen-bond acceptors (Lipinski definition) is 2. The average molecular weight is 254 g/mol. The molecule has 1 heterocycles. The first-order valence-electron chi connectivity index (χ1n) is 7.73. The van der Waals surface area contributed by atoms with Crippen molar-refractivity contribution < 1.29 is 4.79 Å². The Hall–Kier alpha value is -0.570. The molecule has 0 aromatic heterocycles. The van der Waals surface area contributed by atoms with Crippen LogP contribution in [-0.2, 0) is 4.79 Å². The molecule has 1 N–H and O–H groups in total. The molecule has 0 aromatic rings. The Bertz CT molecular complexity index is 231. The van der Waals surface area contributed by atoms with Gasteiger partial charge in [0.25, 0.3) is 0 Å². The minimum absolute atomic E-state index is 0.0220. The van der Waals surface area contributed by atoms with E-state index in [1.807, 2.05) is 11.8 Å². The van der Waals surface area contributed by atoms with Gasteiger partial charge in [-0.3, -0.25) is 4.79 Å². The van der Waals surface area contributed by atoms with Crippen molar-refractivity contribution in [1.29, 1.82) is 0 Å². The van der Waals surface area contributed by atoms with Crippen molar-refractivity contribution >= 4 is 5.91 Å². The zero-order valence-electron chi connectivity index (χ0n) is 12.4. The van der Waals surface area contributed by atoms with E-state index in [-0.39, 0.29) is 6.04 Å². The van der Waals surface area contributed by atoms with Gasteiger partial charge in [0.15, 0.2) is 0 Å². The van der Waals surface area contributed by atoms with Crippen LogP contribution >= 0.6 is 0 Å². The molecule has 3 nitrogen and oxygen atoms in total. The standard InChI is InChI=1S/C15H30N2O/c1-4-9-14(10-5-2)16-13(3)15(18)17-11-7-6-8-12-17/h13-14,16H,4-12H2,1-3H3. The van der Waals surface area contributed by atoms with Gasteiger partial charge < -0.3 is 10.2 Å². The van der Waals surface area contributed by atoms with Crippen LogP contribution < -0.4 is 5.32 Å². The molecule has 0 aliphatic carbocycles. The summed E-state index contributed by atoms with van der Waals surface area (Å²) in [7, 11) is 0. The maximum absolute atomic E-state index is 12.3. The van der Waals surface area contributed by atoms with E-state index in [9.17, 15) is 4.79 Å². The molecule has 0 aromatic carbocycles. The molecule has 1 saturated heterocycles. The van der Waals surface area contributed by atoms with Crippen molar-refractivity contribution in [2.75, 3.05) is 13.1 Å². The lowest BCUT2D eigenvalue weighted by Gasteiger charge is -2.31. The van der Waals surface area contributed by atoms with Gasteiger partial charge in [-0.2, -0.15) is 0 Å². The lowest BCUT2D eigenvalue weighted by atomic mass is 10.0. The fourth-order valence-corrected chi connectivity index (χ4v) is 2.82. The summed E-state index contributed by atoms with van der Waals surface area (Å²) in [5, 5.41) is 3.52. The van der Waals surface area contributed by atoms with E-state index in [1.54, 1.807) is 0 Å². The predicted molar refractivity (Wildman–Crippen MR) is 76.6 cm³/mol. The van der Waals surface area contributed by atoms with Gasteiger partial charge in [-0.15, -0.1) is 0 Å². The third-order valence-corrected chi connectivity index (χ3v) is 3.80. The molecule has 3 heteroatoms. The Morgan fingerprint density at radius 2 is 1.67 bits per heavy atom. The molecule has 0 bridgehead atoms. The van der Waals surface area contributed by atoms with Gasteiger partial charge in [0.1, 0.15) is 0 Å². The van der Waals surface area contributed by atoms with Crippen LogP contribution in [0.25, 0.3) is 0 Å². The number of carbonyl (C=O) groups excluding carboxylic acids is 1. The van der Waals surface area contributed by atoms with Crippen molar-refractivity contribution in [2.45, 2.75) is 77.8 Å². The Kier molecular flexibility index (Phi) is 7.33. The summed E-state index contributed by atoms with van der Waals surface area (Å²) in [6.07, 6.45) is 8.33. The maximum atomic E-state index is 12.3. The van der Waals surface area contributed by atoms with E-state index in [0.717, 1.165) is 13.1 Å². The van der Waals surface area contributed by atoms with Crippen LogP contribution in [0.1, 0.15) is 65.7 Å². The highest BCUT2D eigenvalue weighted by atomic mass is 16.2. The fraction of sp³-hybridized carbons (Fsp3) is 0.933. The lowest BCUT2D eigenvalue weighted by molar-refractivity contribution is -0.134. The van der Waals surface area contributed by atoms with Gasteiger partial charge in [-0.1, -0.05) is 26.7 Å². The van der Waals surface area contributed by atoms with Gasteiger partial charge >= 0.3 is 0 Å². The Morgan fingerprint density at radius 3 is 2.17 bits per heavy atom. The monoisotopic (exact) mass is 254 g/mol. The summed E-state index contributed by atoms with van der Waals surface area (Å²) < 4.78 is 0. The second kappa shape index (κ2) is 8.52. The zero-order chi connectivity index (χ0) is 13.4. The molecule has 106 valence electrons. The van der Waals surface area contributed by atoms with Crippen molar-refractivity contribution in [2.24, 2.45) is 0 Å². The van der Waals surface area contributed by atoms with Crippen LogP contribution in [0.2, 0.25) is 0 Å². The van der Waals surface area contributed by atoms with Gasteiger partial charge in [-0.25, -0.2) is 0 Å². The van der Waals surface area contributed by atoms with Gasteiger partial charge in [0.05, 0.1) is 6.04 Å². The van der Waals surface area contributed by atoms with Crippen LogP contribution in [0.3, 0.4) is 0 Å². The third kappa shape index (κ3) is 4.97. The minimum Gasteiger partial charge on any atom is -0.341 e. The Morgan fingerprint density at radius 1 is 1.11 bits per heavy atom. The second-order valence-corrected chi connectivity index (χ2v) is 5.55. The molecular weight excluding hydrogens is 224 g/mol. The van der Waals surface area contributed by atoms with E-state index in [1.165, 1.54) is 44.9 Å². The number of hydrogen-bond donors (Lipinski definition) is 1. The second-order valence-electron chi connectivity index (χ2n) is 5.55. The number of nitrogens with one attached hydrogen (secondary N) is 1. The third-order valence-electron chi connectivity index (χ3n) is 3.80. The predicted octanol–water partition coefficient (Wildman–Crippen LogP) is 2.95. The lowest BCUT2D eigenvalue weighted by Crippen LogP contribution is -2.49. The molecular formula is C15H30N2O. The normalized spacial score (nSPS) is 18.1. The number of rotatable bonds is 7. The number of carbonyl (C=O) groups is 1. The first-order chi connectivity index (χ1) is 8.69. The molecule has 0 spiro atoms. The number of piperidine rings is 1. The van der Waals surface area contributed by atoms with Crippen LogP contribution in [0.4, 0.5) is 0 Å². The Balaban J connectivity index is 2.40. The molecule has 1 rings (SSSR count). The van der Waals surface area contributed by atoms with E-state index >= 15 is 0 Å². The average Bonchev–Trinajstić information content (AvgIpc) is 2.39.